The van der Waals surface area contributed by atoms with Gasteiger partial charge in [0, 0.05) is 49.0 Å². The summed E-state index contributed by atoms with van der Waals surface area (Å²) in [6.07, 6.45) is 5.68. The van der Waals surface area contributed by atoms with Gasteiger partial charge in [-0.25, -0.2) is 0 Å². The number of rotatable bonds is 2. The van der Waals surface area contributed by atoms with Crippen LogP contribution in [0.4, 0.5) is 5.69 Å². The highest BCUT2D eigenvalue weighted by Crippen LogP contribution is 2.36. The summed E-state index contributed by atoms with van der Waals surface area (Å²) in [5.74, 6) is 1.20. The lowest BCUT2D eigenvalue weighted by atomic mass is 9.84. The molecule has 0 radical (unpaired) electrons. The number of nitrogens with zero attached hydrogens (tertiary/aromatic N) is 1. The molecule has 4 heterocycles. The second kappa shape index (κ2) is 6.52. The number of nitrogens with one attached hydrogen (secondary N) is 2. The van der Waals surface area contributed by atoms with Crippen LogP contribution >= 0.6 is 0 Å². The maximum absolute atomic E-state index is 3.75. The van der Waals surface area contributed by atoms with Crippen molar-refractivity contribution in [2.45, 2.75) is 44.2 Å². The van der Waals surface area contributed by atoms with Gasteiger partial charge in [-0.2, -0.15) is 0 Å². The number of benzene rings is 2. The summed E-state index contributed by atoms with van der Waals surface area (Å²) in [5.41, 5.74) is 10.3. The van der Waals surface area contributed by atoms with Crippen molar-refractivity contribution in [3.63, 3.8) is 0 Å². The monoisotopic (exact) mass is 369 g/mol. The topological polar surface area (TPSA) is 29.0 Å². The molecule has 3 aliphatic heterocycles. The molecule has 2 N–H and O–H groups in total. The number of hydrogen-bond donors (Lipinski definition) is 2. The van der Waals surface area contributed by atoms with Gasteiger partial charge in [0.1, 0.15) is 0 Å². The quantitative estimate of drug-likeness (QED) is 0.708. The van der Waals surface area contributed by atoms with Gasteiger partial charge < -0.3 is 15.2 Å². The summed E-state index contributed by atoms with van der Waals surface area (Å²) in [5, 5.41) is 7.22. The first-order chi connectivity index (χ1) is 13.8. The van der Waals surface area contributed by atoms with Crippen LogP contribution in [0.15, 0.2) is 54.7 Å². The maximum atomic E-state index is 3.75. The Labute approximate surface area is 166 Å². The van der Waals surface area contributed by atoms with Crippen LogP contribution in [0.25, 0.3) is 0 Å². The average Bonchev–Trinajstić information content (AvgIpc) is 3.35. The van der Waals surface area contributed by atoms with Gasteiger partial charge in [0.2, 0.25) is 0 Å². The molecule has 142 valence electrons. The van der Waals surface area contributed by atoms with Crippen LogP contribution in [-0.4, -0.2) is 17.7 Å². The Bertz CT molecular complexity index is 1010. The molecular weight excluding hydrogens is 342 g/mol. The molecule has 0 bridgehead atoms. The van der Waals surface area contributed by atoms with Crippen LogP contribution in [0, 0.1) is 0 Å². The highest BCUT2D eigenvalue weighted by atomic mass is 15.0. The Morgan fingerprint density at radius 1 is 0.857 bits per heavy atom. The molecule has 0 fully saturated rings. The lowest BCUT2D eigenvalue weighted by Crippen LogP contribution is -2.25. The Balaban J connectivity index is 1.22. The van der Waals surface area contributed by atoms with Gasteiger partial charge in [-0.05, 0) is 71.8 Å². The van der Waals surface area contributed by atoms with Crippen molar-refractivity contribution in [3.8, 4) is 0 Å². The Morgan fingerprint density at radius 2 is 1.75 bits per heavy atom. The molecule has 0 saturated heterocycles. The zero-order chi connectivity index (χ0) is 18.5. The van der Waals surface area contributed by atoms with E-state index in [1.54, 1.807) is 5.56 Å². The van der Waals surface area contributed by atoms with Gasteiger partial charge >= 0.3 is 0 Å². The van der Waals surface area contributed by atoms with E-state index in [4.69, 9.17) is 0 Å². The molecule has 3 nitrogen and oxygen atoms in total. The normalized spacial score (nSPS) is 22.9. The summed E-state index contributed by atoms with van der Waals surface area (Å²) < 4.78 is 2.40. The molecule has 3 aliphatic rings. The third-order valence-corrected chi connectivity index (χ3v) is 7.00. The number of anilines is 1. The molecule has 6 rings (SSSR count). The van der Waals surface area contributed by atoms with Crippen LogP contribution in [0.1, 0.15) is 45.3 Å². The largest absolute Gasteiger partial charge is 0.384 e. The van der Waals surface area contributed by atoms with Gasteiger partial charge in [0.15, 0.2) is 0 Å². The molecule has 0 amide bonds. The molecule has 0 aliphatic carbocycles. The van der Waals surface area contributed by atoms with E-state index < -0.39 is 0 Å². The van der Waals surface area contributed by atoms with E-state index in [2.05, 4.69) is 69.9 Å². The summed E-state index contributed by atoms with van der Waals surface area (Å²) in [4.78, 5) is 0. The van der Waals surface area contributed by atoms with Crippen molar-refractivity contribution in [1.82, 2.24) is 9.88 Å². The fourth-order valence-corrected chi connectivity index (χ4v) is 5.34. The summed E-state index contributed by atoms with van der Waals surface area (Å²) >= 11 is 0. The van der Waals surface area contributed by atoms with Crippen molar-refractivity contribution in [3.05, 3.63) is 88.2 Å². The number of aromatic nitrogens is 1. The van der Waals surface area contributed by atoms with E-state index in [0.717, 1.165) is 39.0 Å². The molecule has 2 unspecified atom stereocenters. The lowest BCUT2D eigenvalue weighted by molar-refractivity contribution is 0.636. The minimum Gasteiger partial charge on any atom is -0.384 e. The minimum absolute atomic E-state index is 0.575. The van der Waals surface area contributed by atoms with E-state index in [-0.39, 0.29) is 0 Å². The molecule has 3 heteroatoms. The number of hydrogen-bond acceptors (Lipinski definition) is 2. The standard InChI is InChI=1S/C25H27N3/c1-2-24-12-23(16-28(24)9-1)18-3-5-20-11-22(15-27-25(20)13-18)17-4-6-21-14-26-8-7-19(21)10-17/h1-6,9-10,13,22-23,26-27H,7-8,11-12,14-16H2. The molecule has 3 aromatic rings. The second-order valence-electron chi connectivity index (χ2n) is 8.71. The van der Waals surface area contributed by atoms with E-state index >= 15 is 0 Å². The van der Waals surface area contributed by atoms with Gasteiger partial charge in [0.25, 0.3) is 0 Å². The SMILES string of the molecule is c1cc2n(c1)CC(c1ccc3c(c1)NCC(c1ccc4c(c1)CCNC4)C3)C2. The van der Waals surface area contributed by atoms with Crippen LogP contribution < -0.4 is 10.6 Å². The van der Waals surface area contributed by atoms with E-state index in [0.29, 0.717) is 11.8 Å². The Hall–Kier alpha value is -2.52. The van der Waals surface area contributed by atoms with E-state index in [1.807, 2.05) is 0 Å². The highest BCUT2D eigenvalue weighted by Gasteiger charge is 2.25. The highest BCUT2D eigenvalue weighted by molar-refractivity contribution is 5.57. The fraction of sp³-hybridized carbons (Fsp3) is 0.360. The summed E-state index contributed by atoms with van der Waals surface area (Å²) in [6.45, 7) is 4.29. The van der Waals surface area contributed by atoms with Crippen molar-refractivity contribution < 1.29 is 0 Å². The molecule has 2 atom stereocenters. The van der Waals surface area contributed by atoms with Gasteiger partial charge in [-0.15, -0.1) is 0 Å². The molecule has 0 spiro atoms. The first kappa shape index (κ1) is 16.4. The van der Waals surface area contributed by atoms with Gasteiger partial charge in [-0.3, -0.25) is 0 Å². The molecule has 28 heavy (non-hydrogen) atoms. The third kappa shape index (κ3) is 2.77. The van der Waals surface area contributed by atoms with Gasteiger partial charge in [0.05, 0.1) is 0 Å². The fourth-order valence-electron chi connectivity index (χ4n) is 5.34. The number of fused-ring (bicyclic) bond motifs is 3. The molecule has 1 aromatic heterocycles. The first-order valence-corrected chi connectivity index (χ1v) is 10.7. The minimum atomic E-state index is 0.575. The summed E-state index contributed by atoms with van der Waals surface area (Å²) in [6, 6.07) is 18.7. The van der Waals surface area contributed by atoms with Gasteiger partial charge in [-0.1, -0.05) is 30.3 Å². The van der Waals surface area contributed by atoms with Crippen molar-refractivity contribution >= 4 is 5.69 Å². The predicted molar refractivity (Wildman–Crippen MR) is 114 cm³/mol. The molecule has 2 aromatic carbocycles. The zero-order valence-electron chi connectivity index (χ0n) is 16.2. The molecule has 0 saturated carbocycles. The Morgan fingerprint density at radius 3 is 2.68 bits per heavy atom. The van der Waals surface area contributed by atoms with Crippen LogP contribution in [-0.2, 0) is 32.4 Å². The van der Waals surface area contributed by atoms with Crippen molar-refractivity contribution in [1.29, 1.82) is 0 Å². The summed E-state index contributed by atoms with van der Waals surface area (Å²) in [7, 11) is 0. The molecular formula is C25H27N3. The first-order valence-electron chi connectivity index (χ1n) is 10.7. The van der Waals surface area contributed by atoms with E-state index in [1.165, 1.54) is 40.1 Å². The maximum Gasteiger partial charge on any atom is 0.0376 e. The lowest BCUT2D eigenvalue weighted by Gasteiger charge is -2.29. The van der Waals surface area contributed by atoms with Crippen molar-refractivity contribution in [2.75, 3.05) is 18.4 Å². The van der Waals surface area contributed by atoms with Crippen LogP contribution in [0.3, 0.4) is 0 Å². The second-order valence-corrected chi connectivity index (χ2v) is 8.71. The Kier molecular flexibility index (Phi) is 3.83. The smallest absolute Gasteiger partial charge is 0.0376 e. The third-order valence-electron chi connectivity index (χ3n) is 7.00. The zero-order valence-corrected chi connectivity index (χ0v) is 16.2. The average molecular weight is 370 g/mol. The predicted octanol–water partition coefficient (Wildman–Crippen LogP) is 4.23. The van der Waals surface area contributed by atoms with Crippen LogP contribution in [0.2, 0.25) is 0 Å². The van der Waals surface area contributed by atoms with Crippen LogP contribution in [0.5, 0.6) is 0 Å². The van der Waals surface area contributed by atoms with E-state index in [9.17, 15) is 0 Å². The van der Waals surface area contributed by atoms with Crippen molar-refractivity contribution in [2.24, 2.45) is 0 Å².